The standard InChI is InChI=1S/C13H23N3/c1-4-8-13(2,11-14)16(3)10-12-7-5-6-9-15-12/h5-7,9H,4,8,10-11,14H2,1-3H3. The van der Waals surface area contributed by atoms with Crippen LogP contribution in [0, 0.1) is 0 Å². The van der Waals surface area contributed by atoms with Crippen LogP contribution >= 0.6 is 0 Å². The minimum Gasteiger partial charge on any atom is -0.329 e. The lowest BCUT2D eigenvalue weighted by Gasteiger charge is -2.37. The molecule has 0 aliphatic rings. The lowest BCUT2D eigenvalue weighted by atomic mass is 9.94. The second-order valence-corrected chi connectivity index (χ2v) is 4.63. The van der Waals surface area contributed by atoms with Gasteiger partial charge in [0.1, 0.15) is 0 Å². The summed E-state index contributed by atoms with van der Waals surface area (Å²) in [5.74, 6) is 0. The fraction of sp³-hybridized carbons (Fsp3) is 0.615. The van der Waals surface area contributed by atoms with Crippen molar-refractivity contribution in [2.45, 2.75) is 38.8 Å². The van der Waals surface area contributed by atoms with Crippen molar-refractivity contribution in [1.82, 2.24) is 9.88 Å². The molecule has 1 atom stereocenters. The summed E-state index contributed by atoms with van der Waals surface area (Å²) in [6.45, 7) is 5.96. The molecule has 16 heavy (non-hydrogen) atoms. The van der Waals surface area contributed by atoms with Crippen LogP contribution in [0.25, 0.3) is 0 Å². The number of nitrogens with two attached hydrogens (primary N) is 1. The zero-order valence-corrected chi connectivity index (χ0v) is 10.6. The van der Waals surface area contributed by atoms with E-state index in [1.165, 1.54) is 0 Å². The van der Waals surface area contributed by atoms with Crippen LogP contribution in [-0.2, 0) is 6.54 Å². The molecule has 0 radical (unpaired) electrons. The van der Waals surface area contributed by atoms with Gasteiger partial charge in [-0.15, -0.1) is 0 Å². The molecule has 3 heteroatoms. The smallest absolute Gasteiger partial charge is 0.0544 e. The highest BCUT2D eigenvalue weighted by molar-refractivity contribution is 5.04. The Morgan fingerprint density at radius 3 is 2.69 bits per heavy atom. The predicted octanol–water partition coefficient (Wildman–Crippen LogP) is 2.03. The average molecular weight is 221 g/mol. The summed E-state index contributed by atoms with van der Waals surface area (Å²) in [6.07, 6.45) is 4.11. The monoisotopic (exact) mass is 221 g/mol. The van der Waals surface area contributed by atoms with E-state index in [-0.39, 0.29) is 5.54 Å². The highest BCUT2D eigenvalue weighted by Crippen LogP contribution is 2.20. The summed E-state index contributed by atoms with van der Waals surface area (Å²) >= 11 is 0. The molecule has 90 valence electrons. The fourth-order valence-electron chi connectivity index (χ4n) is 1.91. The third kappa shape index (κ3) is 3.29. The second-order valence-electron chi connectivity index (χ2n) is 4.63. The fourth-order valence-corrected chi connectivity index (χ4v) is 1.91. The summed E-state index contributed by atoms with van der Waals surface area (Å²) < 4.78 is 0. The molecule has 0 spiro atoms. The molecule has 1 heterocycles. The van der Waals surface area contributed by atoms with Gasteiger partial charge in [0, 0.05) is 24.8 Å². The van der Waals surface area contributed by atoms with Crippen molar-refractivity contribution in [3.8, 4) is 0 Å². The molecule has 0 saturated carbocycles. The molecule has 0 saturated heterocycles. The topological polar surface area (TPSA) is 42.1 Å². The third-order valence-electron chi connectivity index (χ3n) is 3.28. The van der Waals surface area contributed by atoms with Crippen molar-refractivity contribution in [2.24, 2.45) is 5.73 Å². The quantitative estimate of drug-likeness (QED) is 0.799. The van der Waals surface area contributed by atoms with Crippen molar-refractivity contribution >= 4 is 0 Å². The Kier molecular flexibility index (Phi) is 4.90. The molecule has 0 aliphatic carbocycles. The molecule has 1 rings (SSSR count). The summed E-state index contributed by atoms with van der Waals surface area (Å²) in [6, 6.07) is 6.02. The van der Waals surface area contributed by atoms with Crippen LogP contribution < -0.4 is 5.73 Å². The van der Waals surface area contributed by atoms with Crippen molar-refractivity contribution in [1.29, 1.82) is 0 Å². The van der Waals surface area contributed by atoms with Crippen LogP contribution in [0.15, 0.2) is 24.4 Å². The maximum atomic E-state index is 5.89. The zero-order valence-electron chi connectivity index (χ0n) is 10.6. The maximum absolute atomic E-state index is 5.89. The maximum Gasteiger partial charge on any atom is 0.0544 e. The summed E-state index contributed by atoms with van der Waals surface area (Å²) in [5.41, 5.74) is 7.06. The van der Waals surface area contributed by atoms with E-state index < -0.39 is 0 Å². The van der Waals surface area contributed by atoms with E-state index in [0.29, 0.717) is 6.54 Å². The Hall–Kier alpha value is -0.930. The number of aromatic nitrogens is 1. The number of hydrogen-bond donors (Lipinski definition) is 1. The van der Waals surface area contributed by atoms with Gasteiger partial charge >= 0.3 is 0 Å². The Balaban J connectivity index is 2.66. The molecule has 0 aliphatic heterocycles. The van der Waals surface area contributed by atoms with Gasteiger partial charge in [0.25, 0.3) is 0 Å². The molecule has 0 fully saturated rings. The molecular weight excluding hydrogens is 198 g/mol. The Morgan fingerprint density at radius 1 is 1.44 bits per heavy atom. The minimum atomic E-state index is 0.0757. The van der Waals surface area contributed by atoms with E-state index in [2.05, 4.69) is 36.8 Å². The normalized spacial score (nSPS) is 15.1. The van der Waals surface area contributed by atoms with Gasteiger partial charge < -0.3 is 5.73 Å². The van der Waals surface area contributed by atoms with Crippen LogP contribution in [0.3, 0.4) is 0 Å². The van der Waals surface area contributed by atoms with Gasteiger partial charge in [-0.1, -0.05) is 19.4 Å². The lowest BCUT2D eigenvalue weighted by molar-refractivity contribution is 0.123. The zero-order chi connectivity index (χ0) is 12.0. The number of rotatable bonds is 6. The van der Waals surface area contributed by atoms with Crippen LogP contribution in [0.2, 0.25) is 0 Å². The van der Waals surface area contributed by atoms with Gasteiger partial charge in [0.2, 0.25) is 0 Å². The van der Waals surface area contributed by atoms with Crippen molar-refractivity contribution < 1.29 is 0 Å². The first-order valence-electron chi connectivity index (χ1n) is 5.93. The minimum absolute atomic E-state index is 0.0757. The Bertz CT molecular complexity index is 299. The first-order chi connectivity index (χ1) is 7.62. The molecule has 1 aromatic rings. The van der Waals surface area contributed by atoms with E-state index in [1.807, 2.05) is 18.3 Å². The molecule has 0 amide bonds. The van der Waals surface area contributed by atoms with Crippen LogP contribution in [0.5, 0.6) is 0 Å². The van der Waals surface area contributed by atoms with Gasteiger partial charge in [-0.05, 0) is 32.5 Å². The highest BCUT2D eigenvalue weighted by atomic mass is 15.2. The molecule has 2 N–H and O–H groups in total. The Labute approximate surface area is 98.7 Å². The van der Waals surface area contributed by atoms with Gasteiger partial charge in [0.05, 0.1) is 5.69 Å². The van der Waals surface area contributed by atoms with Gasteiger partial charge in [-0.2, -0.15) is 0 Å². The van der Waals surface area contributed by atoms with Gasteiger partial charge in [0.15, 0.2) is 0 Å². The summed E-state index contributed by atoms with van der Waals surface area (Å²) in [4.78, 5) is 6.65. The first-order valence-corrected chi connectivity index (χ1v) is 5.93. The second kappa shape index (κ2) is 5.97. The van der Waals surface area contributed by atoms with Gasteiger partial charge in [-0.25, -0.2) is 0 Å². The Morgan fingerprint density at radius 2 is 2.19 bits per heavy atom. The number of hydrogen-bond acceptors (Lipinski definition) is 3. The van der Waals surface area contributed by atoms with Crippen molar-refractivity contribution in [3.05, 3.63) is 30.1 Å². The summed E-state index contributed by atoms with van der Waals surface area (Å²) in [5, 5.41) is 0. The number of nitrogens with zero attached hydrogens (tertiary/aromatic N) is 2. The van der Waals surface area contributed by atoms with Crippen molar-refractivity contribution in [2.75, 3.05) is 13.6 Å². The van der Waals surface area contributed by atoms with E-state index >= 15 is 0 Å². The predicted molar refractivity (Wildman–Crippen MR) is 68.1 cm³/mol. The van der Waals surface area contributed by atoms with E-state index in [4.69, 9.17) is 5.73 Å². The number of likely N-dealkylation sites (N-methyl/N-ethyl adjacent to an activating group) is 1. The van der Waals surface area contributed by atoms with Crippen molar-refractivity contribution in [3.63, 3.8) is 0 Å². The molecule has 1 aromatic heterocycles. The van der Waals surface area contributed by atoms with E-state index in [0.717, 1.165) is 25.1 Å². The SMILES string of the molecule is CCCC(C)(CN)N(C)Cc1ccccn1. The lowest BCUT2D eigenvalue weighted by Crippen LogP contribution is -2.49. The first kappa shape index (κ1) is 13.1. The summed E-state index contributed by atoms with van der Waals surface area (Å²) in [7, 11) is 2.12. The van der Waals surface area contributed by atoms with Crippen LogP contribution in [-0.4, -0.2) is 29.0 Å². The molecule has 1 unspecified atom stereocenters. The third-order valence-corrected chi connectivity index (χ3v) is 3.28. The van der Waals surface area contributed by atoms with Crippen LogP contribution in [0.1, 0.15) is 32.4 Å². The average Bonchev–Trinajstić information content (AvgIpc) is 2.30. The van der Waals surface area contributed by atoms with E-state index in [9.17, 15) is 0 Å². The largest absolute Gasteiger partial charge is 0.329 e. The number of pyridine rings is 1. The van der Waals surface area contributed by atoms with Gasteiger partial charge in [-0.3, -0.25) is 9.88 Å². The molecule has 3 nitrogen and oxygen atoms in total. The molecular formula is C13H23N3. The highest BCUT2D eigenvalue weighted by Gasteiger charge is 2.26. The van der Waals surface area contributed by atoms with E-state index in [1.54, 1.807) is 0 Å². The molecule has 0 aromatic carbocycles. The molecule has 0 bridgehead atoms. The van der Waals surface area contributed by atoms with Crippen LogP contribution in [0.4, 0.5) is 0 Å².